The van der Waals surface area contributed by atoms with Gasteiger partial charge in [0.2, 0.25) is 0 Å². The van der Waals surface area contributed by atoms with Crippen LogP contribution in [-0.2, 0) is 0 Å². The summed E-state index contributed by atoms with van der Waals surface area (Å²) >= 11 is 0. The van der Waals surface area contributed by atoms with Gasteiger partial charge in [0.05, 0.1) is 6.67 Å². The molecule has 2 heteroatoms. The van der Waals surface area contributed by atoms with Crippen molar-refractivity contribution in [3.8, 4) is 0 Å². The van der Waals surface area contributed by atoms with Crippen LogP contribution < -0.4 is 0 Å². The normalized spacial score (nSPS) is 25.6. The molecule has 0 aliphatic carbocycles. The molecule has 0 radical (unpaired) electrons. The molecule has 92 valence electrons. The second kappa shape index (κ2) is 7.21. The van der Waals surface area contributed by atoms with E-state index in [4.69, 9.17) is 0 Å². The molecular weight excluding hydrogens is 189 g/mol. The number of nitrogens with zero attached hydrogens (tertiary/aromatic N) is 1. The Kier molecular flexibility index (Phi) is 7.16. The van der Waals surface area contributed by atoms with Crippen molar-refractivity contribution in [3.05, 3.63) is 0 Å². The van der Waals surface area contributed by atoms with Gasteiger partial charge >= 0.3 is 0 Å². The first kappa shape index (κ1) is 14.9. The maximum Gasteiger partial charge on any atom is 0.0928 e. The summed E-state index contributed by atoms with van der Waals surface area (Å²) < 4.78 is 12.9. The second-order valence-electron chi connectivity index (χ2n) is 4.45. The van der Waals surface area contributed by atoms with E-state index < -0.39 is 0 Å². The van der Waals surface area contributed by atoms with Gasteiger partial charge in [0.25, 0.3) is 0 Å². The van der Waals surface area contributed by atoms with Crippen molar-refractivity contribution >= 4 is 0 Å². The molecule has 1 fully saturated rings. The van der Waals surface area contributed by atoms with Gasteiger partial charge in [-0.15, -0.1) is 0 Å². The minimum atomic E-state index is -0.129. The van der Waals surface area contributed by atoms with Crippen molar-refractivity contribution in [2.24, 2.45) is 11.3 Å². The first-order chi connectivity index (χ1) is 7.18. The number of alkyl halides is 1. The molecule has 1 heterocycles. The highest BCUT2D eigenvalue weighted by atomic mass is 19.1. The lowest BCUT2D eigenvalue weighted by Crippen LogP contribution is -2.47. The van der Waals surface area contributed by atoms with Crippen LogP contribution in [0.4, 0.5) is 4.39 Å². The van der Waals surface area contributed by atoms with E-state index >= 15 is 0 Å². The van der Waals surface area contributed by atoms with E-state index in [9.17, 15) is 4.39 Å². The molecule has 1 nitrogen and oxygen atoms in total. The van der Waals surface area contributed by atoms with Gasteiger partial charge in [-0.05, 0) is 44.2 Å². The first-order valence-electron chi connectivity index (χ1n) is 6.43. The molecule has 0 aromatic carbocycles. The van der Waals surface area contributed by atoms with E-state index in [1.165, 1.54) is 0 Å². The standard InChI is InChI=1S/C11H22FN.C2H6/c1-4-11(5-2)9-13(3)7-6-10(11)8-12;1-2/h10H,4-9H2,1-3H3;1-2H3/t10-;/m1./s1. The van der Waals surface area contributed by atoms with E-state index in [1.807, 2.05) is 13.8 Å². The number of piperidine rings is 1. The Labute approximate surface area is 95.0 Å². The van der Waals surface area contributed by atoms with E-state index in [0.29, 0.717) is 5.92 Å². The van der Waals surface area contributed by atoms with Crippen molar-refractivity contribution < 1.29 is 4.39 Å². The average Bonchev–Trinajstić information content (AvgIpc) is 2.31. The molecule has 0 saturated carbocycles. The highest BCUT2D eigenvalue weighted by Gasteiger charge is 2.39. The fraction of sp³-hybridized carbons (Fsp3) is 1.00. The van der Waals surface area contributed by atoms with Crippen molar-refractivity contribution in [1.82, 2.24) is 4.90 Å². The Morgan fingerprint density at radius 3 is 2.20 bits per heavy atom. The van der Waals surface area contributed by atoms with Crippen LogP contribution in [0.25, 0.3) is 0 Å². The lowest BCUT2D eigenvalue weighted by molar-refractivity contribution is 0.0186. The van der Waals surface area contributed by atoms with Gasteiger partial charge in [0.15, 0.2) is 0 Å². The maximum atomic E-state index is 12.9. The quantitative estimate of drug-likeness (QED) is 0.696. The lowest BCUT2D eigenvalue weighted by Gasteiger charge is -2.46. The summed E-state index contributed by atoms with van der Waals surface area (Å²) in [5, 5.41) is 0. The number of rotatable bonds is 3. The minimum Gasteiger partial charge on any atom is -0.306 e. The van der Waals surface area contributed by atoms with E-state index in [2.05, 4.69) is 25.8 Å². The monoisotopic (exact) mass is 217 g/mol. The molecule has 0 bridgehead atoms. The summed E-state index contributed by atoms with van der Waals surface area (Å²) in [6, 6.07) is 0. The maximum absolute atomic E-state index is 12.9. The van der Waals surface area contributed by atoms with E-state index in [-0.39, 0.29) is 12.1 Å². The fourth-order valence-corrected chi connectivity index (χ4v) is 2.72. The zero-order valence-electron chi connectivity index (χ0n) is 11.1. The molecule has 0 unspecified atom stereocenters. The Balaban J connectivity index is 0.000000921. The topological polar surface area (TPSA) is 3.24 Å². The molecule has 0 amide bonds. The molecule has 0 N–H and O–H groups in total. The predicted octanol–water partition coefficient (Wildman–Crippen LogP) is 3.74. The Hall–Kier alpha value is -0.110. The predicted molar refractivity (Wildman–Crippen MR) is 65.9 cm³/mol. The zero-order chi connectivity index (χ0) is 11.9. The van der Waals surface area contributed by atoms with Crippen LogP contribution in [0.3, 0.4) is 0 Å². The lowest BCUT2D eigenvalue weighted by atomic mass is 9.68. The molecule has 1 rings (SSSR count). The molecule has 0 aromatic rings. The zero-order valence-corrected chi connectivity index (χ0v) is 11.1. The highest BCUT2D eigenvalue weighted by Crippen LogP contribution is 2.41. The van der Waals surface area contributed by atoms with Crippen LogP contribution in [0.2, 0.25) is 0 Å². The summed E-state index contributed by atoms with van der Waals surface area (Å²) in [6.07, 6.45) is 3.26. The number of halogens is 1. The molecule has 1 atom stereocenters. The van der Waals surface area contributed by atoms with Gasteiger partial charge < -0.3 is 4.90 Å². The van der Waals surface area contributed by atoms with Crippen LogP contribution in [0.5, 0.6) is 0 Å². The van der Waals surface area contributed by atoms with Crippen LogP contribution in [0.15, 0.2) is 0 Å². The van der Waals surface area contributed by atoms with Crippen LogP contribution in [0, 0.1) is 11.3 Å². The smallest absolute Gasteiger partial charge is 0.0928 e. The summed E-state index contributed by atoms with van der Waals surface area (Å²) in [5.74, 6) is 0.304. The Morgan fingerprint density at radius 2 is 1.80 bits per heavy atom. The van der Waals surface area contributed by atoms with Crippen molar-refractivity contribution in [2.45, 2.75) is 47.0 Å². The largest absolute Gasteiger partial charge is 0.306 e. The summed E-state index contributed by atoms with van der Waals surface area (Å²) in [7, 11) is 2.15. The van der Waals surface area contributed by atoms with Crippen LogP contribution in [0.1, 0.15) is 47.0 Å². The highest BCUT2D eigenvalue weighted by molar-refractivity contribution is 4.90. The molecule has 0 aromatic heterocycles. The van der Waals surface area contributed by atoms with Gasteiger partial charge in [-0.25, -0.2) is 0 Å². The molecule has 1 aliphatic heterocycles. The second-order valence-corrected chi connectivity index (χ2v) is 4.45. The molecule has 0 spiro atoms. The molecule has 15 heavy (non-hydrogen) atoms. The van der Waals surface area contributed by atoms with Gasteiger partial charge in [0, 0.05) is 6.54 Å². The van der Waals surface area contributed by atoms with Crippen LogP contribution in [-0.4, -0.2) is 31.7 Å². The number of hydrogen-bond acceptors (Lipinski definition) is 1. The van der Waals surface area contributed by atoms with Gasteiger partial charge in [0.1, 0.15) is 0 Å². The van der Waals surface area contributed by atoms with Crippen molar-refractivity contribution in [1.29, 1.82) is 0 Å². The SMILES string of the molecule is CC.CCC1(CC)CN(C)CC[C@@H]1CF. The van der Waals surface area contributed by atoms with Crippen molar-refractivity contribution in [2.75, 3.05) is 26.8 Å². The molecule has 1 saturated heterocycles. The third kappa shape index (κ3) is 3.44. The average molecular weight is 217 g/mol. The molecular formula is C13H28FN. The number of likely N-dealkylation sites (tertiary alicyclic amines) is 1. The Bertz CT molecular complexity index is 155. The van der Waals surface area contributed by atoms with Gasteiger partial charge in [-0.2, -0.15) is 0 Å². The first-order valence-corrected chi connectivity index (χ1v) is 6.43. The molecule has 1 aliphatic rings. The summed E-state index contributed by atoms with van der Waals surface area (Å²) in [4.78, 5) is 2.35. The Morgan fingerprint density at radius 1 is 1.27 bits per heavy atom. The van der Waals surface area contributed by atoms with Gasteiger partial charge in [-0.1, -0.05) is 27.7 Å². The summed E-state index contributed by atoms with van der Waals surface area (Å²) in [6.45, 7) is 10.4. The van der Waals surface area contributed by atoms with Crippen LogP contribution >= 0.6 is 0 Å². The third-order valence-corrected chi connectivity index (χ3v) is 3.90. The van der Waals surface area contributed by atoms with Gasteiger partial charge in [-0.3, -0.25) is 4.39 Å². The van der Waals surface area contributed by atoms with E-state index in [0.717, 1.165) is 32.4 Å². The fourth-order valence-electron chi connectivity index (χ4n) is 2.72. The third-order valence-electron chi connectivity index (χ3n) is 3.90. The number of hydrogen-bond donors (Lipinski definition) is 0. The van der Waals surface area contributed by atoms with Crippen molar-refractivity contribution in [3.63, 3.8) is 0 Å². The van der Waals surface area contributed by atoms with E-state index in [1.54, 1.807) is 0 Å². The summed E-state index contributed by atoms with van der Waals surface area (Å²) in [5.41, 5.74) is 0.252. The minimum absolute atomic E-state index is 0.129.